The van der Waals surface area contributed by atoms with E-state index < -0.39 is 5.54 Å². The molecule has 27 heavy (non-hydrogen) atoms. The van der Waals surface area contributed by atoms with E-state index in [1.165, 1.54) is 16.7 Å². The van der Waals surface area contributed by atoms with Gasteiger partial charge in [-0.15, -0.1) is 0 Å². The zero-order valence-electron chi connectivity index (χ0n) is 16.4. The molecular formula is C23H30N2O2. The van der Waals surface area contributed by atoms with Crippen LogP contribution >= 0.6 is 0 Å². The van der Waals surface area contributed by atoms with Gasteiger partial charge >= 0.3 is 0 Å². The third kappa shape index (κ3) is 4.07. The maximum absolute atomic E-state index is 13.6. The van der Waals surface area contributed by atoms with Crippen molar-refractivity contribution in [2.24, 2.45) is 0 Å². The van der Waals surface area contributed by atoms with Crippen LogP contribution in [0.3, 0.4) is 0 Å². The molecule has 4 nitrogen and oxygen atoms in total. The van der Waals surface area contributed by atoms with Crippen LogP contribution in [0.5, 0.6) is 0 Å². The van der Waals surface area contributed by atoms with Crippen LogP contribution < -0.4 is 0 Å². The number of fused-ring (bicyclic) bond motifs is 1. The molecule has 0 radical (unpaired) electrons. The summed E-state index contributed by atoms with van der Waals surface area (Å²) < 4.78 is 0. The van der Waals surface area contributed by atoms with Gasteiger partial charge in [0.05, 0.1) is 6.61 Å². The van der Waals surface area contributed by atoms with Gasteiger partial charge in [-0.2, -0.15) is 0 Å². The second-order valence-electron chi connectivity index (χ2n) is 7.42. The number of amides is 1. The maximum atomic E-state index is 13.6. The van der Waals surface area contributed by atoms with E-state index in [0.717, 1.165) is 25.8 Å². The number of aliphatic hydroxyl groups excluding tert-OH is 1. The molecule has 3 rings (SSSR count). The molecule has 4 heteroatoms. The molecule has 1 N–H and O–H groups in total. The van der Waals surface area contributed by atoms with Crippen molar-refractivity contribution in [2.75, 3.05) is 33.3 Å². The molecule has 2 aromatic rings. The first kappa shape index (κ1) is 19.6. The predicted octanol–water partition coefficient (Wildman–Crippen LogP) is 2.54. The number of benzene rings is 2. The lowest BCUT2D eigenvalue weighted by Gasteiger charge is -2.41. The van der Waals surface area contributed by atoms with Crippen LogP contribution in [0.15, 0.2) is 54.6 Å². The number of likely N-dealkylation sites (N-methyl/N-ethyl adjacent to an activating group) is 2. The summed E-state index contributed by atoms with van der Waals surface area (Å²) in [6, 6.07) is 18.8. The van der Waals surface area contributed by atoms with Gasteiger partial charge < -0.3 is 10.0 Å². The number of nitrogens with zero attached hydrogens (tertiary/aromatic N) is 2. The first-order valence-corrected chi connectivity index (χ1v) is 9.83. The van der Waals surface area contributed by atoms with E-state index in [1.54, 1.807) is 4.90 Å². The van der Waals surface area contributed by atoms with Crippen molar-refractivity contribution in [3.63, 3.8) is 0 Å². The van der Waals surface area contributed by atoms with Crippen LogP contribution in [-0.2, 0) is 24.1 Å². The summed E-state index contributed by atoms with van der Waals surface area (Å²) in [7, 11) is 2.07. The molecule has 1 aliphatic carbocycles. The molecule has 0 fully saturated rings. The van der Waals surface area contributed by atoms with Gasteiger partial charge in [-0.25, -0.2) is 0 Å². The molecule has 0 unspecified atom stereocenters. The summed E-state index contributed by atoms with van der Waals surface area (Å²) >= 11 is 0. The van der Waals surface area contributed by atoms with Crippen molar-refractivity contribution in [1.29, 1.82) is 0 Å². The Kier molecular flexibility index (Phi) is 6.30. The third-order valence-corrected chi connectivity index (χ3v) is 5.83. The van der Waals surface area contributed by atoms with Crippen molar-refractivity contribution in [3.8, 4) is 0 Å². The number of carbonyl (C=O) groups is 1. The number of hydrogen-bond donors (Lipinski definition) is 1. The summed E-state index contributed by atoms with van der Waals surface area (Å²) in [5.41, 5.74) is 3.24. The highest BCUT2D eigenvalue weighted by Crippen LogP contribution is 2.35. The molecule has 0 saturated heterocycles. The number of carbonyl (C=O) groups excluding carboxylic acids is 1. The molecule has 0 saturated carbocycles. The quantitative estimate of drug-likeness (QED) is 0.781. The highest BCUT2D eigenvalue weighted by atomic mass is 16.3. The highest BCUT2D eigenvalue weighted by Gasteiger charge is 2.48. The standard InChI is InChI=1S/C23H30N2O2/c1-3-25(15-16-26)22(27)23(17-20-11-7-8-12-21(20)18-23)24(2)14-13-19-9-5-4-6-10-19/h4-12,26H,3,13-18H2,1-2H3. The summed E-state index contributed by atoms with van der Waals surface area (Å²) in [6.45, 7) is 3.80. The fraction of sp³-hybridized carbons (Fsp3) is 0.435. The Morgan fingerprint density at radius 3 is 2.15 bits per heavy atom. The van der Waals surface area contributed by atoms with Crippen molar-refractivity contribution < 1.29 is 9.90 Å². The van der Waals surface area contributed by atoms with Gasteiger partial charge in [0.1, 0.15) is 5.54 Å². The summed E-state index contributed by atoms with van der Waals surface area (Å²) in [6.07, 6.45) is 2.37. The third-order valence-electron chi connectivity index (χ3n) is 5.83. The summed E-state index contributed by atoms with van der Waals surface area (Å²) in [4.78, 5) is 17.6. The first-order chi connectivity index (χ1) is 13.1. The van der Waals surface area contributed by atoms with E-state index >= 15 is 0 Å². The summed E-state index contributed by atoms with van der Waals surface area (Å²) in [5.74, 6) is 0.130. The Balaban J connectivity index is 1.85. The van der Waals surface area contributed by atoms with Crippen LogP contribution in [0, 0.1) is 0 Å². The normalized spacial score (nSPS) is 15.0. The monoisotopic (exact) mass is 366 g/mol. The van der Waals surface area contributed by atoms with Gasteiger partial charge in [0.25, 0.3) is 0 Å². The van der Waals surface area contributed by atoms with Crippen LogP contribution in [-0.4, -0.2) is 59.6 Å². The van der Waals surface area contributed by atoms with E-state index in [1.807, 2.05) is 13.0 Å². The van der Waals surface area contributed by atoms with Gasteiger partial charge in [-0.05, 0) is 37.1 Å². The SMILES string of the molecule is CCN(CCO)C(=O)C1(N(C)CCc2ccccc2)Cc2ccccc2C1. The minimum absolute atomic E-state index is 0.00363. The topological polar surface area (TPSA) is 43.8 Å². The van der Waals surface area contributed by atoms with Gasteiger partial charge in [0.2, 0.25) is 5.91 Å². The van der Waals surface area contributed by atoms with Gasteiger partial charge in [0.15, 0.2) is 0 Å². The average Bonchev–Trinajstić information content (AvgIpc) is 3.11. The van der Waals surface area contributed by atoms with Crippen LogP contribution in [0.2, 0.25) is 0 Å². The van der Waals surface area contributed by atoms with E-state index in [0.29, 0.717) is 13.1 Å². The van der Waals surface area contributed by atoms with E-state index in [9.17, 15) is 9.90 Å². The molecule has 1 aliphatic rings. The van der Waals surface area contributed by atoms with E-state index in [-0.39, 0.29) is 12.5 Å². The molecule has 0 aliphatic heterocycles. The molecule has 2 aromatic carbocycles. The molecule has 144 valence electrons. The Morgan fingerprint density at radius 1 is 1.00 bits per heavy atom. The minimum atomic E-state index is -0.566. The second-order valence-corrected chi connectivity index (χ2v) is 7.42. The minimum Gasteiger partial charge on any atom is -0.395 e. The van der Waals surface area contributed by atoms with Gasteiger partial charge in [-0.1, -0.05) is 54.6 Å². The largest absolute Gasteiger partial charge is 0.395 e. The molecule has 1 amide bonds. The zero-order chi connectivity index (χ0) is 19.3. The lowest BCUT2D eigenvalue weighted by atomic mass is 9.91. The second kappa shape index (κ2) is 8.68. The van der Waals surface area contributed by atoms with Crippen LogP contribution in [0.1, 0.15) is 23.6 Å². The highest BCUT2D eigenvalue weighted by molar-refractivity contribution is 5.88. The Labute approximate surface area is 162 Å². The van der Waals surface area contributed by atoms with Crippen LogP contribution in [0.4, 0.5) is 0 Å². The molecule has 0 atom stereocenters. The first-order valence-electron chi connectivity index (χ1n) is 9.83. The predicted molar refractivity (Wildman–Crippen MR) is 109 cm³/mol. The fourth-order valence-corrected chi connectivity index (χ4v) is 4.15. The van der Waals surface area contributed by atoms with E-state index in [4.69, 9.17) is 0 Å². The van der Waals surface area contributed by atoms with Crippen molar-refractivity contribution in [3.05, 3.63) is 71.3 Å². The molecule has 0 bridgehead atoms. The lowest BCUT2D eigenvalue weighted by Crippen LogP contribution is -2.60. The number of hydrogen-bond acceptors (Lipinski definition) is 3. The van der Waals surface area contributed by atoms with Crippen molar-refractivity contribution >= 4 is 5.91 Å². The molecule has 0 spiro atoms. The Hall–Kier alpha value is -2.17. The molecule has 0 aromatic heterocycles. The van der Waals surface area contributed by atoms with Crippen LogP contribution in [0.25, 0.3) is 0 Å². The molecule has 0 heterocycles. The van der Waals surface area contributed by atoms with E-state index in [2.05, 4.69) is 60.5 Å². The lowest BCUT2D eigenvalue weighted by molar-refractivity contribution is -0.144. The van der Waals surface area contributed by atoms with Crippen molar-refractivity contribution in [2.45, 2.75) is 31.7 Å². The van der Waals surface area contributed by atoms with Gasteiger partial charge in [-0.3, -0.25) is 9.69 Å². The number of aliphatic hydroxyl groups is 1. The average molecular weight is 367 g/mol. The maximum Gasteiger partial charge on any atom is 0.243 e. The smallest absolute Gasteiger partial charge is 0.243 e. The molecular weight excluding hydrogens is 336 g/mol. The summed E-state index contributed by atoms with van der Waals surface area (Å²) in [5, 5.41) is 9.40. The van der Waals surface area contributed by atoms with Crippen molar-refractivity contribution in [1.82, 2.24) is 9.80 Å². The Morgan fingerprint density at radius 2 is 1.59 bits per heavy atom. The Bertz CT molecular complexity index is 735. The van der Waals surface area contributed by atoms with Gasteiger partial charge in [0, 0.05) is 32.5 Å². The number of rotatable bonds is 8. The fourth-order valence-electron chi connectivity index (χ4n) is 4.15. The zero-order valence-corrected chi connectivity index (χ0v) is 16.4.